The molecule has 3 aromatic rings. The second kappa shape index (κ2) is 4.53. The van der Waals surface area contributed by atoms with Gasteiger partial charge >= 0.3 is 0 Å². The normalized spacial score (nSPS) is 19.9. The fraction of sp³-hybridized carbons (Fsp3) is 0.294. The van der Waals surface area contributed by atoms with Crippen LogP contribution in [0.15, 0.2) is 47.2 Å². The Labute approximate surface area is 118 Å². The zero-order valence-electron chi connectivity index (χ0n) is 11.5. The average Bonchev–Trinajstić information content (AvgIpc) is 3.05. The number of H-pyrrole nitrogens is 1. The van der Waals surface area contributed by atoms with Crippen LogP contribution in [-0.2, 0) is 0 Å². The molecular weight excluding hydrogens is 248 g/mol. The fourth-order valence-corrected chi connectivity index (χ4v) is 3.07. The van der Waals surface area contributed by atoms with E-state index in [0.29, 0.717) is 12.0 Å². The van der Waals surface area contributed by atoms with E-state index in [4.69, 9.17) is 4.42 Å². The molecule has 1 aliphatic rings. The van der Waals surface area contributed by atoms with E-state index in [0.717, 1.165) is 17.9 Å². The van der Waals surface area contributed by atoms with Gasteiger partial charge < -0.3 is 14.7 Å². The lowest BCUT2D eigenvalue weighted by Crippen LogP contribution is -2.46. The molecule has 3 heteroatoms. The molecule has 0 saturated carbocycles. The van der Waals surface area contributed by atoms with E-state index in [1.807, 2.05) is 12.1 Å². The van der Waals surface area contributed by atoms with Crippen LogP contribution in [0.1, 0.15) is 24.8 Å². The van der Waals surface area contributed by atoms with Crippen molar-refractivity contribution >= 4 is 10.9 Å². The summed E-state index contributed by atoms with van der Waals surface area (Å²) >= 11 is 0. The van der Waals surface area contributed by atoms with Crippen LogP contribution in [0, 0.1) is 0 Å². The largest absolute Gasteiger partial charge is 0.464 e. The van der Waals surface area contributed by atoms with Gasteiger partial charge in [-0.05, 0) is 54.8 Å². The third-order valence-corrected chi connectivity index (χ3v) is 4.48. The summed E-state index contributed by atoms with van der Waals surface area (Å²) in [4.78, 5) is 3.39. The smallest absolute Gasteiger partial charge is 0.133 e. The summed E-state index contributed by atoms with van der Waals surface area (Å²) < 4.78 is 5.50. The summed E-state index contributed by atoms with van der Waals surface area (Å²) in [5.74, 6) is 1.46. The quantitative estimate of drug-likeness (QED) is 0.755. The molecule has 0 spiro atoms. The zero-order valence-corrected chi connectivity index (χ0v) is 11.5. The van der Waals surface area contributed by atoms with Gasteiger partial charge in [-0.15, -0.1) is 0 Å². The first kappa shape index (κ1) is 11.8. The van der Waals surface area contributed by atoms with Gasteiger partial charge in [0.1, 0.15) is 5.76 Å². The summed E-state index contributed by atoms with van der Waals surface area (Å²) in [7, 11) is 0. The van der Waals surface area contributed by atoms with E-state index in [9.17, 15) is 0 Å². The van der Waals surface area contributed by atoms with Crippen molar-refractivity contribution in [1.82, 2.24) is 10.3 Å². The molecule has 2 unspecified atom stereocenters. The molecule has 0 bridgehead atoms. The van der Waals surface area contributed by atoms with E-state index in [2.05, 4.69) is 41.6 Å². The number of furan rings is 1. The Kier molecular flexibility index (Phi) is 2.67. The molecule has 0 aliphatic carbocycles. The van der Waals surface area contributed by atoms with Crippen LogP contribution in [0.5, 0.6) is 0 Å². The van der Waals surface area contributed by atoms with E-state index in [1.165, 1.54) is 22.9 Å². The molecule has 2 N–H and O–H groups in total. The lowest BCUT2D eigenvalue weighted by molar-refractivity contribution is 0.328. The molecule has 4 rings (SSSR count). The van der Waals surface area contributed by atoms with Crippen LogP contribution in [0.2, 0.25) is 0 Å². The highest BCUT2D eigenvalue weighted by atomic mass is 16.3. The lowest BCUT2D eigenvalue weighted by atomic mass is 9.87. The topological polar surface area (TPSA) is 41.0 Å². The molecule has 1 aromatic carbocycles. The van der Waals surface area contributed by atoms with Crippen molar-refractivity contribution < 1.29 is 4.42 Å². The van der Waals surface area contributed by atoms with Gasteiger partial charge in [0, 0.05) is 28.7 Å². The number of hydrogen-bond donors (Lipinski definition) is 2. The molecule has 2 aromatic heterocycles. The van der Waals surface area contributed by atoms with E-state index in [1.54, 1.807) is 6.26 Å². The minimum atomic E-state index is 0.532. The number of nitrogens with one attached hydrogen (secondary N) is 2. The van der Waals surface area contributed by atoms with Gasteiger partial charge in [-0.25, -0.2) is 0 Å². The molecule has 0 radical (unpaired) electrons. The average molecular weight is 266 g/mol. The Morgan fingerprint density at radius 1 is 1.30 bits per heavy atom. The van der Waals surface area contributed by atoms with Crippen molar-refractivity contribution in [1.29, 1.82) is 0 Å². The fourth-order valence-electron chi connectivity index (χ4n) is 3.07. The van der Waals surface area contributed by atoms with Crippen molar-refractivity contribution in [3.05, 3.63) is 48.4 Å². The van der Waals surface area contributed by atoms with Crippen LogP contribution in [0.25, 0.3) is 22.2 Å². The zero-order chi connectivity index (χ0) is 13.5. The molecule has 1 fully saturated rings. The highest BCUT2D eigenvalue weighted by Gasteiger charge is 2.26. The number of fused-ring (bicyclic) bond motifs is 1. The van der Waals surface area contributed by atoms with Crippen LogP contribution in [0.4, 0.5) is 0 Å². The Morgan fingerprint density at radius 2 is 2.20 bits per heavy atom. The molecule has 3 nitrogen and oxygen atoms in total. The monoisotopic (exact) mass is 266 g/mol. The Balaban J connectivity index is 1.79. The number of benzene rings is 1. The van der Waals surface area contributed by atoms with Crippen molar-refractivity contribution in [3.8, 4) is 11.3 Å². The summed E-state index contributed by atoms with van der Waals surface area (Å²) in [5, 5.41) is 4.81. The van der Waals surface area contributed by atoms with Crippen molar-refractivity contribution in [3.63, 3.8) is 0 Å². The third kappa shape index (κ3) is 1.78. The van der Waals surface area contributed by atoms with Crippen LogP contribution >= 0.6 is 0 Å². The molecule has 102 valence electrons. The maximum Gasteiger partial charge on any atom is 0.133 e. The van der Waals surface area contributed by atoms with E-state index >= 15 is 0 Å². The van der Waals surface area contributed by atoms with Crippen LogP contribution < -0.4 is 5.32 Å². The number of aromatic nitrogens is 1. The van der Waals surface area contributed by atoms with E-state index < -0.39 is 0 Å². The minimum absolute atomic E-state index is 0.532. The van der Waals surface area contributed by atoms with Gasteiger partial charge in [-0.1, -0.05) is 6.92 Å². The number of hydrogen-bond acceptors (Lipinski definition) is 2. The number of aromatic amines is 1. The van der Waals surface area contributed by atoms with Gasteiger partial charge in [-0.2, -0.15) is 0 Å². The maximum atomic E-state index is 5.50. The van der Waals surface area contributed by atoms with Gasteiger partial charge in [-0.3, -0.25) is 0 Å². The lowest BCUT2D eigenvalue weighted by Gasteiger charge is -2.33. The Morgan fingerprint density at radius 3 is 2.90 bits per heavy atom. The van der Waals surface area contributed by atoms with Gasteiger partial charge in [0.05, 0.1) is 6.26 Å². The highest BCUT2D eigenvalue weighted by molar-refractivity contribution is 5.87. The molecule has 20 heavy (non-hydrogen) atoms. The standard InChI is InChI=1S/C17H18N2O/c1-11(15-6-7-18-15)14-10-19-16-5-4-12(9-13(14)16)17-3-2-8-20-17/h2-5,8-11,15,18-19H,6-7H2,1H3. The molecule has 1 aliphatic heterocycles. The third-order valence-electron chi connectivity index (χ3n) is 4.48. The summed E-state index contributed by atoms with van der Waals surface area (Å²) in [5.41, 5.74) is 3.73. The first-order chi connectivity index (χ1) is 9.83. The molecule has 2 atom stereocenters. The highest BCUT2D eigenvalue weighted by Crippen LogP contribution is 2.33. The van der Waals surface area contributed by atoms with Crippen molar-refractivity contribution in [2.75, 3.05) is 6.54 Å². The maximum absolute atomic E-state index is 5.50. The van der Waals surface area contributed by atoms with Gasteiger partial charge in [0.15, 0.2) is 0 Å². The van der Waals surface area contributed by atoms with E-state index in [-0.39, 0.29) is 0 Å². The van der Waals surface area contributed by atoms with Crippen molar-refractivity contribution in [2.45, 2.75) is 25.3 Å². The van der Waals surface area contributed by atoms with Gasteiger partial charge in [0.2, 0.25) is 0 Å². The second-order valence-corrected chi connectivity index (χ2v) is 5.62. The SMILES string of the molecule is CC(c1c[nH]c2ccc(-c3ccco3)cc12)C1CCN1. The summed E-state index contributed by atoms with van der Waals surface area (Å²) in [6.07, 6.45) is 5.14. The Hall–Kier alpha value is -2.00. The molecular formula is C17H18N2O. The predicted molar refractivity (Wildman–Crippen MR) is 80.8 cm³/mol. The molecule has 3 heterocycles. The summed E-state index contributed by atoms with van der Waals surface area (Å²) in [6.45, 7) is 3.45. The summed E-state index contributed by atoms with van der Waals surface area (Å²) in [6, 6.07) is 11.0. The molecule has 1 saturated heterocycles. The predicted octanol–water partition coefficient (Wildman–Crippen LogP) is 3.89. The first-order valence-electron chi connectivity index (χ1n) is 7.21. The number of rotatable bonds is 3. The first-order valence-corrected chi connectivity index (χ1v) is 7.21. The minimum Gasteiger partial charge on any atom is -0.464 e. The van der Waals surface area contributed by atoms with Crippen LogP contribution in [-0.4, -0.2) is 17.6 Å². The molecule has 0 amide bonds. The van der Waals surface area contributed by atoms with Gasteiger partial charge in [0.25, 0.3) is 0 Å². The van der Waals surface area contributed by atoms with Crippen LogP contribution in [0.3, 0.4) is 0 Å². The second-order valence-electron chi connectivity index (χ2n) is 5.62. The Bertz CT molecular complexity index is 723. The van der Waals surface area contributed by atoms with Crippen molar-refractivity contribution in [2.24, 2.45) is 0 Å².